The first-order valence-electron chi connectivity index (χ1n) is 10.9. The molecule has 0 radical (unpaired) electrons. The number of nitrogens with zero attached hydrogens (tertiary/aromatic N) is 4. The molecule has 208 valence electrons. The fourth-order valence-electron chi connectivity index (χ4n) is 4.04. The fraction of sp³-hybridized carbons (Fsp3) is 0.250. The largest absolute Gasteiger partial charge is 0.483 e. The van der Waals surface area contributed by atoms with Crippen molar-refractivity contribution >= 4 is 53.2 Å². The second-order valence-electron chi connectivity index (χ2n) is 8.41. The average Bonchev–Trinajstić information content (AvgIpc) is 3.63. The summed E-state index contributed by atoms with van der Waals surface area (Å²) in [5.41, 5.74) is 12.3. The summed E-state index contributed by atoms with van der Waals surface area (Å²) in [4.78, 5) is 11.5. The smallest absolute Gasteiger partial charge is 0.290 e. The maximum absolute atomic E-state index is 13.4. The molecule has 16 nitrogen and oxygen atoms in total. The highest BCUT2D eigenvalue weighted by Crippen LogP contribution is 2.41. The number of para-hydroxylation sites is 1. The predicted octanol–water partition coefficient (Wildman–Crippen LogP) is -0.530. The number of hydrogen-bond acceptors (Lipinski definition) is 13. The Bertz CT molecular complexity index is 1720. The molecule has 0 aliphatic carbocycles. The summed E-state index contributed by atoms with van der Waals surface area (Å²) in [5, 5.41) is 26.2. The normalized spacial score (nSPS) is 17.6. The molecule has 39 heavy (non-hydrogen) atoms. The zero-order valence-corrected chi connectivity index (χ0v) is 22.4. The van der Waals surface area contributed by atoms with Gasteiger partial charge in [-0.3, -0.25) is 4.79 Å². The summed E-state index contributed by atoms with van der Waals surface area (Å²) in [5.74, 6) is -0.106. The number of tetrazole rings is 1. The van der Waals surface area contributed by atoms with Gasteiger partial charge < -0.3 is 21.3 Å². The molecule has 4 aromatic rings. The van der Waals surface area contributed by atoms with E-state index in [1.54, 1.807) is 18.2 Å². The number of nitrogen functional groups attached to an aromatic ring is 1. The molecule has 0 bridgehead atoms. The van der Waals surface area contributed by atoms with Crippen LogP contribution < -0.4 is 21.3 Å². The van der Waals surface area contributed by atoms with Gasteiger partial charge in [0.25, 0.3) is 6.47 Å². The van der Waals surface area contributed by atoms with Gasteiger partial charge in [-0.25, -0.2) is 36.8 Å². The standard InChI is InChI=1S/C19H21N9O5S3.CH2O2/c20-18-24-15-11(2-1-3-12(15)34-18)10-4-5-13(36(31,32)23-8-19(21)6-7-33-9-19)16(35(22,29)30)14(10)17-25-27-28-26-17;2-1-3/h1-5,23H,6-9,21H2,(H2,20,24)(H2,22,29,30)(H,25,26,27,28);1H,(H,2,3). The first kappa shape index (κ1) is 28.4. The molecular weight excluding hydrogens is 574 g/mol. The minimum absolute atomic E-state index is 0.106. The number of benzene rings is 2. The molecule has 1 aliphatic rings. The molecular formula is C20H23N9O7S3. The quantitative estimate of drug-likeness (QED) is 0.146. The fourth-order valence-corrected chi connectivity index (χ4v) is 7.55. The Kier molecular flexibility index (Phi) is 7.93. The van der Waals surface area contributed by atoms with Crippen molar-refractivity contribution in [3.05, 3.63) is 30.3 Å². The van der Waals surface area contributed by atoms with Gasteiger partial charge in [-0.05, 0) is 34.5 Å². The lowest BCUT2D eigenvalue weighted by Crippen LogP contribution is -2.50. The molecule has 1 aliphatic heterocycles. The Balaban J connectivity index is 0.00000112. The minimum Gasteiger partial charge on any atom is -0.483 e. The predicted molar refractivity (Wildman–Crippen MR) is 140 cm³/mol. The summed E-state index contributed by atoms with van der Waals surface area (Å²) in [7, 11) is -9.05. The van der Waals surface area contributed by atoms with Crippen LogP contribution in [0.25, 0.3) is 32.7 Å². The van der Waals surface area contributed by atoms with Crippen LogP contribution in [0.1, 0.15) is 6.42 Å². The van der Waals surface area contributed by atoms with Crippen LogP contribution in [0.4, 0.5) is 5.13 Å². The molecule has 5 rings (SSSR count). The zero-order valence-electron chi connectivity index (χ0n) is 19.9. The van der Waals surface area contributed by atoms with Gasteiger partial charge in [0, 0.05) is 18.7 Å². The molecule has 1 saturated heterocycles. The molecule has 1 unspecified atom stereocenters. The van der Waals surface area contributed by atoms with Crippen LogP contribution in [0, 0.1) is 0 Å². The number of hydrogen-bond donors (Lipinski definition) is 6. The van der Waals surface area contributed by atoms with Crippen molar-refractivity contribution < 1.29 is 31.5 Å². The molecule has 0 saturated carbocycles. The van der Waals surface area contributed by atoms with E-state index in [0.29, 0.717) is 29.2 Å². The molecule has 2 aromatic heterocycles. The Hall–Kier alpha value is -3.59. The summed E-state index contributed by atoms with van der Waals surface area (Å²) >= 11 is 1.25. The topological polar surface area (TPSA) is 272 Å². The minimum atomic E-state index is -4.64. The van der Waals surface area contributed by atoms with Crippen LogP contribution in [-0.4, -0.2) is 79.3 Å². The van der Waals surface area contributed by atoms with Gasteiger partial charge in [-0.1, -0.05) is 29.5 Å². The van der Waals surface area contributed by atoms with Crippen molar-refractivity contribution in [2.45, 2.75) is 21.8 Å². The average molecular weight is 598 g/mol. The van der Waals surface area contributed by atoms with Crippen LogP contribution in [0.2, 0.25) is 0 Å². The van der Waals surface area contributed by atoms with Crippen LogP contribution in [0.15, 0.2) is 40.1 Å². The summed E-state index contributed by atoms with van der Waals surface area (Å²) in [6, 6.07) is 7.85. The van der Waals surface area contributed by atoms with E-state index >= 15 is 0 Å². The van der Waals surface area contributed by atoms with Gasteiger partial charge in [0.15, 0.2) is 11.0 Å². The van der Waals surface area contributed by atoms with Gasteiger partial charge in [0.05, 0.1) is 27.9 Å². The van der Waals surface area contributed by atoms with Crippen LogP contribution >= 0.6 is 11.3 Å². The number of anilines is 1. The highest BCUT2D eigenvalue weighted by Gasteiger charge is 2.35. The lowest BCUT2D eigenvalue weighted by molar-refractivity contribution is -0.122. The molecule has 1 fully saturated rings. The van der Waals surface area contributed by atoms with Crippen molar-refractivity contribution in [3.63, 3.8) is 0 Å². The molecule has 2 aromatic carbocycles. The molecule has 3 heterocycles. The van der Waals surface area contributed by atoms with Crippen molar-refractivity contribution in [2.75, 3.05) is 25.5 Å². The van der Waals surface area contributed by atoms with Crippen molar-refractivity contribution in [3.8, 4) is 22.5 Å². The summed E-state index contributed by atoms with van der Waals surface area (Å²) < 4.78 is 61.0. The number of nitrogens with two attached hydrogens (primary N) is 3. The Morgan fingerprint density at radius 3 is 2.56 bits per heavy atom. The highest BCUT2D eigenvalue weighted by molar-refractivity contribution is 7.92. The van der Waals surface area contributed by atoms with E-state index in [9.17, 15) is 16.8 Å². The number of sulfonamides is 2. The van der Waals surface area contributed by atoms with E-state index in [-0.39, 0.29) is 36.6 Å². The van der Waals surface area contributed by atoms with E-state index in [2.05, 4.69) is 30.3 Å². The van der Waals surface area contributed by atoms with Gasteiger partial charge in [-0.2, -0.15) is 0 Å². The van der Waals surface area contributed by atoms with Crippen molar-refractivity contribution in [2.24, 2.45) is 10.9 Å². The number of ether oxygens (including phenoxy) is 1. The summed E-state index contributed by atoms with van der Waals surface area (Å²) in [6.45, 7) is 0.134. The number of carbonyl (C=O) groups is 1. The molecule has 19 heteroatoms. The Morgan fingerprint density at radius 2 is 1.95 bits per heavy atom. The third kappa shape index (κ3) is 5.88. The number of aromatic nitrogens is 5. The second kappa shape index (κ2) is 10.9. The highest BCUT2D eigenvalue weighted by atomic mass is 32.2. The third-order valence-corrected chi connectivity index (χ3v) is 9.17. The van der Waals surface area contributed by atoms with Crippen molar-refractivity contribution in [1.82, 2.24) is 30.3 Å². The Labute approximate surface area is 225 Å². The Morgan fingerprint density at radius 1 is 1.21 bits per heavy atom. The van der Waals surface area contributed by atoms with Gasteiger partial charge in [0.1, 0.15) is 9.79 Å². The van der Waals surface area contributed by atoms with Crippen LogP contribution in [0.3, 0.4) is 0 Å². The number of aromatic amines is 1. The monoisotopic (exact) mass is 597 g/mol. The SMILES string of the molecule is Nc1nc2c(-c3ccc(S(=O)(=O)NCC4(N)CCOC4)c(S(N)(=O)=O)c3-c3nnn[nH]3)cccc2s1.O=CO. The van der Waals surface area contributed by atoms with E-state index in [1.165, 1.54) is 17.4 Å². The molecule has 1 atom stereocenters. The first-order chi connectivity index (χ1) is 18.4. The third-order valence-electron chi connectivity index (χ3n) is 5.75. The first-order valence-corrected chi connectivity index (χ1v) is 14.8. The number of H-pyrrole nitrogens is 1. The second-order valence-corrected chi connectivity index (χ2v) is 12.7. The zero-order chi connectivity index (χ0) is 28.4. The van der Waals surface area contributed by atoms with E-state index < -0.39 is 35.4 Å². The van der Waals surface area contributed by atoms with Crippen molar-refractivity contribution in [1.29, 1.82) is 0 Å². The van der Waals surface area contributed by atoms with Gasteiger partial charge in [0.2, 0.25) is 20.0 Å². The van der Waals surface area contributed by atoms with E-state index in [1.807, 2.05) is 0 Å². The van der Waals surface area contributed by atoms with Crippen LogP contribution in [0.5, 0.6) is 0 Å². The number of carboxylic acid groups (broad SMARTS) is 1. The number of rotatable bonds is 7. The van der Waals surface area contributed by atoms with Gasteiger partial charge in [-0.15, -0.1) is 5.10 Å². The maximum atomic E-state index is 13.4. The number of nitrogens with one attached hydrogen (secondary N) is 2. The van der Waals surface area contributed by atoms with E-state index in [4.69, 9.17) is 31.2 Å². The molecule has 0 amide bonds. The lowest BCUT2D eigenvalue weighted by Gasteiger charge is -2.23. The van der Waals surface area contributed by atoms with E-state index in [0.717, 1.165) is 10.8 Å². The number of thiazole rings is 1. The van der Waals surface area contributed by atoms with Crippen LogP contribution in [-0.2, 0) is 29.6 Å². The van der Waals surface area contributed by atoms with Gasteiger partial charge >= 0.3 is 0 Å². The number of primary sulfonamides is 1. The maximum Gasteiger partial charge on any atom is 0.290 e. The number of fused-ring (bicyclic) bond motifs is 1. The summed E-state index contributed by atoms with van der Waals surface area (Å²) in [6.07, 6.45) is 0.437. The molecule has 9 N–H and O–H groups in total. The molecule has 0 spiro atoms. The lowest BCUT2D eigenvalue weighted by atomic mass is 9.98.